The third-order valence-electron chi connectivity index (χ3n) is 2.08. The van der Waals surface area contributed by atoms with Crippen LogP contribution >= 0.6 is 31.9 Å². The van der Waals surface area contributed by atoms with Crippen molar-refractivity contribution in [3.8, 4) is 6.07 Å². The first-order valence-electron chi connectivity index (χ1n) is 4.37. The fraction of sp³-hybridized carbons (Fsp3) is 0.364. The highest BCUT2D eigenvalue weighted by molar-refractivity contribution is 9.12. The summed E-state index contributed by atoms with van der Waals surface area (Å²) in [5.74, 6) is 0. The Bertz CT molecular complexity index is 355. The lowest BCUT2D eigenvalue weighted by Crippen LogP contribution is -2.06. The first kappa shape index (κ1) is 11.7. The van der Waals surface area contributed by atoms with Gasteiger partial charge in [-0.1, -0.05) is 50.1 Å². The molecular weight excluding hydrogens is 306 g/mol. The molecule has 0 N–H and O–H groups in total. The summed E-state index contributed by atoms with van der Waals surface area (Å²) in [5.41, 5.74) is 2.99. The van der Waals surface area contributed by atoms with Crippen LogP contribution in [-0.4, -0.2) is 10.2 Å². The van der Waals surface area contributed by atoms with Crippen molar-refractivity contribution >= 4 is 31.9 Å². The van der Waals surface area contributed by atoms with Gasteiger partial charge in [0.1, 0.15) is 0 Å². The highest BCUT2D eigenvalue weighted by Crippen LogP contribution is 2.18. The van der Waals surface area contributed by atoms with Gasteiger partial charge in [-0.2, -0.15) is 5.26 Å². The molecule has 1 nitrogen and oxygen atoms in total. The quantitative estimate of drug-likeness (QED) is 0.782. The predicted octanol–water partition coefficient (Wildman–Crippen LogP) is 3.57. The first-order chi connectivity index (χ1) is 6.69. The summed E-state index contributed by atoms with van der Waals surface area (Å²) in [4.78, 5) is 0.386. The van der Waals surface area contributed by atoms with Crippen molar-refractivity contribution < 1.29 is 0 Å². The van der Waals surface area contributed by atoms with Crippen molar-refractivity contribution in [3.63, 3.8) is 0 Å². The van der Waals surface area contributed by atoms with E-state index < -0.39 is 0 Å². The highest BCUT2D eigenvalue weighted by atomic mass is 79.9. The van der Waals surface area contributed by atoms with E-state index in [2.05, 4.69) is 37.9 Å². The summed E-state index contributed by atoms with van der Waals surface area (Å²) in [6.45, 7) is 1.97. The highest BCUT2D eigenvalue weighted by Gasteiger charge is 2.09. The summed E-state index contributed by atoms with van der Waals surface area (Å²) >= 11 is 6.95. The Morgan fingerprint density at radius 1 is 1.50 bits per heavy atom. The van der Waals surface area contributed by atoms with E-state index in [0.29, 0.717) is 4.83 Å². The number of benzene rings is 1. The molecule has 0 amide bonds. The molecule has 0 aliphatic carbocycles. The minimum atomic E-state index is 0.386. The standard InChI is InChI=1S/C11H11Br2N/c1-8-3-2-4-9(11(8)7-14)5-10(13)6-12/h2-4,10H,5-6H2,1H3. The smallest absolute Gasteiger partial charge is 0.0997 e. The SMILES string of the molecule is Cc1cccc(CC(Br)CBr)c1C#N. The van der Waals surface area contributed by atoms with E-state index >= 15 is 0 Å². The number of aryl methyl sites for hydroxylation is 1. The minimum absolute atomic E-state index is 0.386. The molecule has 1 aromatic rings. The normalized spacial score (nSPS) is 12.1. The van der Waals surface area contributed by atoms with Crippen LogP contribution in [-0.2, 0) is 6.42 Å². The maximum Gasteiger partial charge on any atom is 0.0997 e. The lowest BCUT2D eigenvalue weighted by Gasteiger charge is -2.09. The van der Waals surface area contributed by atoms with E-state index in [1.54, 1.807) is 0 Å². The summed E-state index contributed by atoms with van der Waals surface area (Å²) in [6.07, 6.45) is 0.885. The van der Waals surface area contributed by atoms with E-state index in [4.69, 9.17) is 5.26 Å². The van der Waals surface area contributed by atoms with Crippen LogP contribution in [0.1, 0.15) is 16.7 Å². The second-order valence-corrected chi connectivity index (χ2v) is 5.12. The second kappa shape index (κ2) is 5.53. The van der Waals surface area contributed by atoms with Crippen molar-refractivity contribution in [3.05, 3.63) is 34.9 Å². The van der Waals surface area contributed by atoms with E-state index in [0.717, 1.165) is 28.4 Å². The van der Waals surface area contributed by atoms with Crippen molar-refractivity contribution in [1.82, 2.24) is 0 Å². The van der Waals surface area contributed by atoms with E-state index in [-0.39, 0.29) is 0 Å². The van der Waals surface area contributed by atoms with Crippen molar-refractivity contribution in [2.45, 2.75) is 18.2 Å². The Hall–Kier alpha value is -0.330. The van der Waals surface area contributed by atoms with Crippen molar-refractivity contribution in [2.24, 2.45) is 0 Å². The fourth-order valence-corrected chi connectivity index (χ4v) is 1.93. The second-order valence-electron chi connectivity index (χ2n) is 3.18. The number of hydrogen-bond acceptors (Lipinski definition) is 1. The van der Waals surface area contributed by atoms with Gasteiger partial charge in [0.05, 0.1) is 11.6 Å². The van der Waals surface area contributed by atoms with Crippen LogP contribution in [0.4, 0.5) is 0 Å². The minimum Gasteiger partial charge on any atom is -0.192 e. The molecule has 0 aromatic heterocycles. The Balaban J connectivity index is 2.98. The molecule has 0 saturated carbocycles. The maximum absolute atomic E-state index is 9.01. The van der Waals surface area contributed by atoms with Crippen LogP contribution in [0.2, 0.25) is 0 Å². The zero-order chi connectivity index (χ0) is 10.6. The monoisotopic (exact) mass is 315 g/mol. The number of halogens is 2. The van der Waals surface area contributed by atoms with Gasteiger partial charge in [-0.15, -0.1) is 0 Å². The Kier molecular flexibility index (Phi) is 4.64. The van der Waals surface area contributed by atoms with Crippen LogP contribution in [0.3, 0.4) is 0 Å². The van der Waals surface area contributed by atoms with E-state index in [1.807, 2.05) is 25.1 Å². The lowest BCUT2D eigenvalue weighted by molar-refractivity contribution is 0.969. The first-order valence-corrected chi connectivity index (χ1v) is 6.41. The van der Waals surface area contributed by atoms with Crippen LogP contribution in [0.15, 0.2) is 18.2 Å². The molecule has 3 heteroatoms. The number of rotatable bonds is 3. The number of alkyl halides is 2. The molecule has 0 saturated heterocycles. The van der Waals surface area contributed by atoms with E-state index in [9.17, 15) is 0 Å². The molecule has 0 radical (unpaired) electrons. The summed E-state index contributed by atoms with van der Waals surface area (Å²) in [7, 11) is 0. The van der Waals surface area contributed by atoms with Crippen molar-refractivity contribution in [2.75, 3.05) is 5.33 Å². The lowest BCUT2D eigenvalue weighted by atomic mass is 10.00. The van der Waals surface area contributed by atoms with Crippen LogP contribution in [0.5, 0.6) is 0 Å². The summed E-state index contributed by atoms with van der Waals surface area (Å²) in [5, 5.41) is 9.90. The summed E-state index contributed by atoms with van der Waals surface area (Å²) in [6, 6.07) is 8.24. The van der Waals surface area contributed by atoms with Gasteiger partial charge in [0.2, 0.25) is 0 Å². The Labute approximate surface area is 101 Å². The summed E-state index contributed by atoms with van der Waals surface area (Å²) < 4.78 is 0. The third-order valence-corrected chi connectivity index (χ3v) is 4.38. The maximum atomic E-state index is 9.01. The molecule has 0 aliphatic rings. The fourth-order valence-electron chi connectivity index (χ4n) is 1.35. The molecule has 0 spiro atoms. The van der Waals surface area contributed by atoms with Crippen LogP contribution in [0.25, 0.3) is 0 Å². The van der Waals surface area contributed by atoms with E-state index in [1.165, 1.54) is 0 Å². The average Bonchev–Trinajstić information content (AvgIpc) is 2.18. The molecule has 0 aliphatic heterocycles. The van der Waals surface area contributed by atoms with Crippen molar-refractivity contribution in [1.29, 1.82) is 5.26 Å². The number of nitrogens with zero attached hydrogens (tertiary/aromatic N) is 1. The van der Waals surface area contributed by atoms with Gasteiger partial charge in [0.25, 0.3) is 0 Å². The molecular formula is C11H11Br2N. The molecule has 1 aromatic carbocycles. The molecule has 0 bridgehead atoms. The molecule has 0 fully saturated rings. The Morgan fingerprint density at radius 3 is 2.79 bits per heavy atom. The number of hydrogen-bond donors (Lipinski definition) is 0. The molecule has 1 unspecified atom stereocenters. The number of nitriles is 1. The molecule has 14 heavy (non-hydrogen) atoms. The average molecular weight is 317 g/mol. The van der Waals surface area contributed by atoms with Crippen LogP contribution in [0, 0.1) is 18.3 Å². The topological polar surface area (TPSA) is 23.8 Å². The zero-order valence-electron chi connectivity index (χ0n) is 7.93. The van der Waals surface area contributed by atoms with Gasteiger partial charge < -0.3 is 0 Å². The molecule has 0 heterocycles. The largest absolute Gasteiger partial charge is 0.192 e. The van der Waals surface area contributed by atoms with Gasteiger partial charge in [0.15, 0.2) is 0 Å². The zero-order valence-corrected chi connectivity index (χ0v) is 11.1. The molecule has 74 valence electrons. The van der Waals surface area contributed by atoms with Gasteiger partial charge in [0, 0.05) is 10.2 Å². The van der Waals surface area contributed by atoms with Crippen LogP contribution < -0.4 is 0 Å². The molecule has 1 atom stereocenters. The van der Waals surface area contributed by atoms with Gasteiger partial charge in [-0.05, 0) is 24.5 Å². The van der Waals surface area contributed by atoms with Gasteiger partial charge >= 0.3 is 0 Å². The van der Waals surface area contributed by atoms with Gasteiger partial charge in [-0.25, -0.2) is 0 Å². The predicted molar refractivity (Wildman–Crippen MR) is 66.1 cm³/mol. The van der Waals surface area contributed by atoms with Gasteiger partial charge in [-0.3, -0.25) is 0 Å². The Morgan fingerprint density at radius 2 is 2.21 bits per heavy atom. The molecule has 1 rings (SSSR count). The third kappa shape index (κ3) is 2.83.